The maximum absolute atomic E-state index is 14.3. The van der Waals surface area contributed by atoms with Gasteiger partial charge in [0.05, 0.1) is 17.1 Å². The maximum Gasteiger partial charge on any atom is 0.229 e. The number of amides is 1. The van der Waals surface area contributed by atoms with Crippen LogP contribution in [0.4, 0.5) is 0 Å². The van der Waals surface area contributed by atoms with Crippen molar-refractivity contribution in [1.82, 2.24) is 4.90 Å². The molecule has 2 aromatic rings. The first-order valence-corrected chi connectivity index (χ1v) is 12.9. The van der Waals surface area contributed by atoms with Gasteiger partial charge in [-0.1, -0.05) is 74.3 Å². The number of rotatable bonds is 8. The Morgan fingerprint density at radius 3 is 2.35 bits per heavy atom. The molecule has 0 spiro atoms. The van der Waals surface area contributed by atoms with Crippen LogP contribution in [0.3, 0.4) is 0 Å². The smallest absolute Gasteiger partial charge is 0.229 e. The Morgan fingerprint density at radius 2 is 1.82 bits per heavy atom. The molecule has 1 amide bonds. The van der Waals surface area contributed by atoms with Crippen LogP contribution in [0, 0.1) is 11.3 Å². The summed E-state index contributed by atoms with van der Waals surface area (Å²) >= 11 is 12.7. The third kappa shape index (κ3) is 5.37. The van der Waals surface area contributed by atoms with Crippen molar-refractivity contribution in [2.45, 2.75) is 77.5 Å². The van der Waals surface area contributed by atoms with Crippen LogP contribution in [0.5, 0.6) is 0 Å². The number of benzene rings is 2. The second-order valence-corrected chi connectivity index (χ2v) is 11.4. The molecule has 1 unspecified atom stereocenters. The van der Waals surface area contributed by atoms with Gasteiger partial charge in [0.2, 0.25) is 5.91 Å². The molecule has 5 heteroatoms. The van der Waals surface area contributed by atoms with Crippen LogP contribution in [-0.2, 0) is 4.79 Å². The fourth-order valence-electron chi connectivity index (χ4n) is 5.51. The largest absolute Gasteiger partial charge is 0.390 e. The Morgan fingerprint density at radius 1 is 1.18 bits per heavy atom. The average molecular weight is 503 g/mol. The standard InChI is InChI=1S/C29H37Cl2NO2/c1-7-16-29(6)18-24(21-10-9-11-23(31)17-21)26(20-12-14-22(30)15-13-20)32(27(29)33)25(8-2)19(3)28(4,5)34/h7,9-15,17,19,24-26,34H,1,8,16,18H2,2-6H3/t19-,24-,25+,26?,29+/m1/s1. The van der Waals surface area contributed by atoms with Gasteiger partial charge in [-0.25, -0.2) is 0 Å². The summed E-state index contributed by atoms with van der Waals surface area (Å²) in [6, 6.07) is 15.4. The molecule has 1 N–H and O–H groups in total. The summed E-state index contributed by atoms with van der Waals surface area (Å²) in [6.07, 6.45) is 3.83. The topological polar surface area (TPSA) is 40.5 Å². The Labute approximate surface area is 214 Å². The zero-order chi connectivity index (χ0) is 25.3. The number of allylic oxidation sites excluding steroid dienone is 1. The lowest BCUT2D eigenvalue weighted by Gasteiger charge is -2.54. The molecule has 0 aliphatic carbocycles. The van der Waals surface area contributed by atoms with Crippen molar-refractivity contribution in [3.63, 3.8) is 0 Å². The second kappa shape index (κ2) is 10.4. The molecular weight excluding hydrogens is 465 g/mol. The highest BCUT2D eigenvalue weighted by Gasteiger charge is 2.52. The van der Waals surface area contributed by atoms with Crippen molar-refractivity contribution in [3.05, 3.63) is 82.4 Å². The quantitative estimate of drug-likeness (QED) is 0.374. The van der Waals surface area contributed by atoms with E-state index in [1.165, 1.54) is 0 Å². The molecule has 0 aromatic heterocycles. The summed E-state index contributed by atoms with van der Waals surface area (Å²) in [5.41, 5.74) is 0.587. The first-order chi connectivity index (χ1) is 15.9. The first kappa shape index (κ1) is 26.8. The summed E-state index contributed by atoms with van der Waals surface area (Å²) in [7, 11) is 0. The lowest BCUT2D eigenvalue weighted by atomic mass is 9.66. The van der Waals surface area contributed by atoms with E-state index in [9.17, 15) is 9.90 Å². The van der Waals surface area contributed by atoms with Crippen LogP contribution in [-0.4, -0.2) is 27.6 Å². The zero-order valence-electron chi connectivity index (χ0n) is 20.9. The van der Waals surface area contributed by atoms with Gasteiger partial charge >= 0.3 is 0 Å². The Hall–Kier alpha value is -1.81. The first-order valence-electron chi connectivity index (χ1n) is 12.1. The van der Waals surface area contributed by atoms with Crippen LogP contribution in [0.25, 0.3) is 0 Å². The lowest BCUT2D eigenvalue weighted by Crippen LogP contribution is -2.59. The number of halogens is 2. The zero-order valence-corrected chi connectivity index (χ0v) is 22.4. The van der Waals surface area contributed by atoms with Crippen molar-refractivity contribution < 1.29 is 9.90 Å². The van der Waals surface area contributed by atoms with Crippen molar-refractivity contribution in [3.8, 4) is 0 Å². The molecule has 2 aromatic carbocycles. The van der Waals surface area contributed by atoms with Gasteiger partial charge in [-0.15, -0.1) is 6.58 Å². The van der Waals surface area contributed by atoms with Crippen LogP contribution in [0.2, 0.25) is 10.0 Å². The highest BCUT2D eigenvalue weighted by atomic mass is 35.5. The Kier molecular flexibility index (Phi) is 8.22. The van der Waals surface area contributed by atoms with Crippen molar-refractivity contribution in [1.29, 1.82) is 0 Å². The highest BCUT2D eigenvalue weighted by Crippen LogP contribution is 2.53. The fraction of sp³-hybridized carbons (Fsp3) is 0.483. The third-order valence-electron chi connectivity index (χ3n) is 7.65. The molecule has 3 rings (SSSR count). The van der Waals surface area contributed by atoms with Gasteiger partial charge in [0.15, 0.2) is 0 Å². The minimum absolute atomic E-state index is 0.0191. The van der Waals surface area contributed by atoms with E-state index in [-0.39, 0.29) is 29.8 Å². The number of hydrogen-bond donors (Lipinski definition) is 1. The number of likely N-dealkylation sites (tertiary alicyclic amines) is 1. The Bertz CT molecular complexity index is 1010. The second-order valence-electron chi connectivity index (χ2n) is 10.5. The van der Waals surface area contributed by atoms with Crippen molar-refractivity contribution in [2.24, 2.45) is 11.3 Å². The van der Waals surface area contributed by atoms with Gasteiger partial charge < -0.3 is 10.0 Å². The van der Waals surface area contributed by atoms with Crippen molar-refractivity contribution in [2.75, 3.05) is 0 Å². The van der Waals surface area contributed by atoms with Gasteiger partial charge in [-0.3, -0.25) is 4.79 Å². The summed E-state index contributed by atoms with van der Waals surface area (Å²) in [6.45, 7) is 13.8. The minimum atomic E-state index is -0.941. The molecule has 0 saturated carbocycles. The molecular formula is C29H37Cl2NO2. The molecule has 1 aliphatic heterocycles. The molecule has 1 aliphatic rings. The number of carbonyl (C=O) groups excluding carboxylic acids is 1. The molecule has 34 heavy (non-hydrogen) atoms. The van der Waals surface area contributed by atoms with Gasteiger partial charge in [0.25, 0.3) is 0 Å². The Balaban J connectivity index is 2.27. The molecule has 1 saturated heterocycles. The fourth-order valence-corrected chi connectivity index (χ4v) is 5.84. The number of hydrogen-bond acceptors (Lipinski definition) is 2. The van der Waals surface area contributed by atoms with Crippen LogP contribution < -0.4 is 0 Å². The van der Waals surface area contributed by atoms with E-state index >= 15 is 0 Å². The molecule has 5 atom stereocenters. The summed E-state index contributed by atoms with van der Waals surface area (Å²) < 4.78 is 0. The van der Waals surface area contributed by atoms with Gasteiger partial charge in [-0.2, -0.15) is 0 Å². The van der Waals surface area contributed by atoms with E-state index < -0.39 is 11.0 Å². The predicted molar refractivity (Wildman–Crippen MR) is 142 cm³/mol. The number of nitrogens with zero attached hydrogens (tertiary/aromatic N) is 1. The minimum Gasteiger partial charge on any atom is -0.390 e. The summed E-state index contributed by atoms with van der Waals surface area (Å²) in [5, 5.41) is 12.3. The van der Waals surface area contributed by atoms with E-state index in [2.05, 4.69) is 24.5 Å². The third-order valence-corrected chi connectivity index (χ3v) is 8.14. The van der Waals surface area contributed by atoms with E-state index in [0.29, 0.717) is 22.9 Å². The molecule has 1 fully saturated rings. The average Bonchev–Trinajstić information content (AvgIpc) is 2.77. The van der Waals surface area contributed by atoms with Crippen LogP contribution in [0.1, 0.15) is 77.0 Å². The highest BCUT2D eigenvalue weighted by molar-refractivity contribution is 6.30. The van der Waals surface area contributed by atoms with Crippen LogP contribution >= 0.6 is 23.2 Å². The van der Waals surface area contributed by atoms with E-state index in [1.807, 2.05) is 76.2 Å². The van der Waals surface area contributed by atoms with Gasteiger partial charge in [0.1, 0.15) is 0 Å². The number of carbonyl (C=O) groups is 1. The molecule has 1 heterocycles. The molecule has 0 radical (unpaired) electrons. The van der Waals surface area contributed by atoms with Gasteiger partial charge in [0, 0.05) is 27.9 Å². The van der Waals surface area contributed by atoms with Crippen molar-refractivity contribution >= 4 is 29.1 Å². The lowest BCUT2D eigenvalue weighted by molar-refractivity contribution is -0.159. The maximum atomic E-state index is 14.3. The molecule has 184 valence electrons. The number of aliphatic hydroxyl groups is 1. The molecule has 0 bridgehead atoms. The van der Waals surface area contributed by atoms with Crippen LogP contribution in [0.15, 0.2) is 61.2 Å². The van der Waals surface area contributed by atoms with E-state index in [1.54, 1.807) is 0 Å². The van der Waals surface area contributed by atoms with E-state index in [0.717, 1.165) is 17.5 Å². The predicted octanol–water partition coefficient (Wildman–Crippen LogP) is 7.82. The summed E-state index contributed by atoms with van der Waals surface area (Å²) in [5.74, 6) is -0.0125. The SMILES string of the molecule is C=CC[C@@]1(C)C[C@H](c2cccc(Cl)c2)C(c2ccc(Cl)cc2)N([C@@H](CC)[C@@H](C)C(C)(C)O)C1=O. The normalized spacial score (nSPS) is 25.2. The van der Waals surface area contributed by atoms with Gasteiger partial charge in [-0.05, 0) is 68.5 Å². The molecule has 3 nitrogen and oxygen atoms in total. The summed E-state index contributed by atoms with van der Waals surface area (Å²) in [4.78, 5) is 16.4. The monoisotopic (exact) mass is 501 g/mol. The van der Waals surface area contributed by atoms with E-state index in [4.69, 9.17) is 23.2 Å². The number of piperidine rings is 1.